The van der Waals surface area contributed by atoms with Gasteiger partial charge in [-0.1, -0.05) is 12.1 Å². The summed E-state index contributed by atoms with van der Waals surface area (Å²) >= 11 is 0. The van der Waals surface area contributed by atoms with Crippen LogP contribution in [-0.4, -0.2) is 66.3 Å². The number of fused-ring (bicyclic) bond motifs is 4. The number of phenolic OH excluding ortho intramolecular Hbond substituents is 1. The molecule has 2 saturated carbocycles. The molecule has 35 heavy (non-hydrogen) atoms. The van der Waals surface area contributed by atoms with Gasteiger partial charge in [-0.2, -0.15) is 0 Å². The third-order valence-electron chi connectivity index (χ3n) is 7.93. The Bertz CT molecular complexity index is 1330. The van der Waals surface area contributed by atoms with E-state index in [-0.39, 0.29) is 17.7 Å². The van der Waals surface area contributed by atoms with Gasteiger partial charge >= 0.3 is 0 Å². The van der Waals surface area contributed by atoms with Crippen molar-refractivity contribution in [3.05, 3.63) is 35.4 Å². The van der Waals surface area contributed by atoms with Gasteiger partial charge in [0.2, 0.25) is 5.91 Å². The number of hydrogen-bond donors (Lipinski definition) is 2. The number of amides is 1. The van der Waals surface area contributed by atoms with E-state index in [9.17, 15) is 29.1 Å². The van der Waals surface area contributed by atoms with Crippen LogP contribution >= 0.6 is 0 Å². The molecule has 6 unspecified atom stereocenters. The Labute approximate surface area is 201 Å². The number of carbonyl (C=O) groups excluding carboxylic acids is 5. The van der Waals surface area contributed by atoms with Gasteiger partial charge in [-0.25, -0.2) is 0 Å². The molecule has 5 rings (SSSR count). The van der Waals surface area contributed by atoms with E-state index in [1.54, 1.807) is 43.3 Å². The maximum absolute atomic E-state index is 13.7. The monoisotopic (exact) mass is 478 g/mol. The number of rotatable bonds is 3. The summed E-state index contributed by atoms with van der Waals surface area (Å²) < 4.78 is 5.42. The van der Waals surface area contributed by atoms with Crippen molar-refractivity contribution >= 4 is 39.8 Å². The van der Waals surface area contributed by atoms with E-state index in [0.717, 1.165) is 0 Å². The largest absolute Gasteiger partial charge is 0.507 e. The molecular formula is C26H26N2O7. The minimum absolute atomic E-state index is 0.0775. The molecule has 9 heteroatoms. The summed E-state index contributed by atoms with van der Waals surface area (Å²) in [4.78, 5) is 67.3. The first-order valence-corrected chi connectivity index (χ1v) is 11.5. The van der Waals surface area contributed by atoms with E-state index in [1.807, 2.05) is 0 Å². The number of primary amides is 1. The summed E-state index contributed by atoms with van der Waals surface area (Å²) in [6.07, 6.45) is 0.604. The van der Waals surface area contributed by atoms with Crippen molar-refractivity contribution in [2.24, 2.45) is 35.3 Å². The van der Waals surface area contributed by atoms with Crippen molar-refractivity contribution in [1.82, 2.24) is 4.90 Å². The Morgan fingerprint density at radius 1 is 1.06 bits per heavy atom. The summed E-state index contributed by atoms with van der Waals surface area (Å²) in [6, 6.07) is 6.08. The van der Waals surface area contributed by atoms with Gasteiger partial charge in [0, 0.05) is 10.8 Å². The Morgan fingerprint density at radius 3 is 2.40 bits per heavy atom. The molecule has 0 heterocycles. The standard InChI is InChI=1S/C26H26N2O7/c1-28(2)20-14-9-11-7-10-8-13-12(5-4-6-15(13)35-3)21(29)16(10)22(30)17(11)23(31)18(14)24(32)19(25(20)33)26(27)34/h4-6,8,11,14,17-20,29H,7,9H2,1-3H3,(H2,27,34). The number of ether oxygens (including phenoxy) is 1. The van der Waals surface area contributed by atoms with Crippen LogP contribution in [0.5, 0.6) is 11.5 Å². The molecule has 6 atom stereocenters. The van der Waals surface area contributed by atoms with E-state index >= 15 is 0 Å². The zero-order chi connectivity index (χ0) is 25.3. The van der Waals surface area contributed by atoms with Crippen LogP contribution in [0.25, 0.3) is 10.8 Å². The zero-order valence-corrected chi connectivity index (χ0v) is 19.6. The smallest absolute Gasteiger partial charge is 0.235 e. The number of nitrogens with zero attached hydrogens (tertiary/aromatic N) is 1. The second kappa shape index (κ2) is 7.98. The van der Waals surface area contributed by atoms with Crippen LogP contribution in [0.3, 0.4) is 0 Å². The van der Waals surface area contributed by atoms with Crippen LogP contribution in [0.1, 0.15) is 22.3 Å². The van der Waals surface area contributed by atoms with E-state index in [2.05, 4.69) is 0 Å². The summed E-state index contributed by atoms with van der Waals surface area (Å²) in [5, 5.41) is 12.1. The highest BCUT2D eigenvalue weighted by molar-refractivity contribution is 6.29. The average molecular weight is 479 g/mol. The Kier molecular flexibility index (Phi) is 5.28. The molecule has 2 fully saturated rings. The van der Waals surface area contributed by atoms with Crippen LogP contribution in [0.15, 0.2) is 24.3 Å². The van der Waals surface area contributed by atoms with Crippen LogP contribution in [0.4, 0.5) is 0 Å². The lowest BCUT2D eigenvalue weighted by atomic mass is 9.54. The summed E-state index contributed by atoms with van der Waals surface area (Å²) in [7, 11) is 4.83. The lowest BCUT2D eigenvalue weighted by Gasteiger charge is -2.48. The highest BCUT2D eigenvalue weighted by Crippen LogP contribution is 2.50. The zero-order valence-electron chi connectivity index (χ0n) is 19.6. The van der Waals surface area contributed by atoms with Crippen molar-refractivity contribution in [1.29, 1.82) is 0 Å². The average Bonchev–Trinajstić information content (AvgIpc) is 2.77. The molecule has 0 radical (unpaired) electrons. The van der Waals surface area contributed by atoms with E-state index in [1.165, 1.54) is 7.11 Å². The minimum Gasteiger partial charge on any atom is -0.507 e. The van der Waals surface area contributed by atoms with E-state index in [4.69, 9.17) is 10.5 Å². The molecule has 182 valence electrons. The highest BCUT2D eigenvalue weighted by atomic mass is 16.5. The van der Waals surface area contributed by atoms with Gasteiger partial charge in [0.15, 0.2) is 29.1 Å². The van der Waals surface area contributed by atoms with Gasteiger partial charge in [-0.05, 0) is 56.5 Å². The molecule has 0 aliphatic heterocycles. The fourth-order valence-electron chi connectivity index (χ4n) is 6.57. The maximum atomic E-state index is 13.7. The summed E-state index contributed by atoms with van der Waals surface area (Å²) in [5.74, 6) is -8.53. The Hall–Kier alpha value is -3.59. The van der Waals surface area contributed by atoms with Gasteiger partial charge in [0.25, 0.3) is 0 Å². The predicted octanol–water partition coefficient (Wildman–Crippen LogP) is 0.914. The first-order chi connectivity index (χ1) is 16.6. The van der Waals surface area contributed by atoms with Crippen molar-refractivity contribution in [2.75, 3.05) is 21.2 Å². The second-order valence-corrected chi connectivity index (χ2v) is 9.95. The molecule has 3 aliphatic carbocycles. The molecule has 0 spiro atoms. The van der Waals surface area contributed by atoms with Crippen molar-refractivity contribution in [2.45, 2.75) is 18.9 Å². The number of benzene rings is 2. The number of methoxy groups -OCH3 is 1. The van der Waals surface area contributed by atoms with Gasteiger partial charge < -0.3 is 15.6 Å². The van der Waals surface area contributed by atoms with Crippen LogP contribution in [0.2, 0.25) is 0 Å². The van der Waals surface area contributed by atoms with Crippen molar-refractivity contribution in [3.8, 4) is 11.5 Å². The predicted molar refractivity (Wildman–Crippen MR) is 124 cm³/mol. The molecule has 3 aliphatic rings. The third-order valence-corrected chi connectivity index (χ3v) is 7.93. The number of likely N-dealkylation sites (N-methyl/N-ethyl adjacent to an activating group) is 1. The highest BCUT2D eigenvalue weighted by Gasteiger charge is 2.61. The van der Waals surface area contributed by atoms with Gasteiger partial charge in [-0.3, -0.25) is 28.9 Å². The summed E-state index contributed by atoms with van der Waals surface area (Å²) in [6.45, 7) is 0. The fourth-order valence-corrected chi connectivity index (χ4v) is 6.57. The normalized spacial score (nSPS) is 30.2. The quantitative estimate of drug-likeness (QED) is 0.620. The van der Waals surface area contributed by atoms with Crippen LogP contribution in [-0.2, 0) is 25.6 Å². The number of aromatic hydroxyl groups is 1. The lowest BCUT2D eigenvalue weighted by Crippen LogP contribution is -2.64. The third kappa shape index (κ3) is 3.14. The molecule has 3 N–H and O–H groups in total. The summed E-state index contributed by atoms with van der Waals surface area (Å²) in [5.41, 5.74) is 6.05. The van der Waals surface area contributed by atoms with Gasteiger partial charge in [0.1, 0.15) is 11.5 Å². The Balaban J connectivity index is 1.64. The number of ketones is 4. The lowest BCUT2D eigenvalue weighted by molar-refractivity contribution is -0.157. The van der Waals surface area contributed by atoms with E-state index in [0.29, 0.717) is 28.5 Å². The number of carbonyl (C=O) groups is 5. The van der Waals surface area contributed by atoms with Gasteiger partial charge in [-0.15, -0.1) is 0 Å². The fraction of sp³-hybridized carbons (Fsp3) is 0.423. The first kappa shape index (κ1) is 23.2. The minimum atomic E-state index is -1.71. The molecule has 0 bridgehead atoms. The second-order valence-electron chi connectivity index (χ2n) is 9.95. The maximum Gasteiger partial charge on any atom is 0.235 e. The number of phenols is 1. The molecule has 9 nitrogen and oxygen atoms in total. The van der Waals surface area contributed by atoms with Crippen molar-refractivity contribution < 1.29 is 33.8 Å². The number of nitrogens with two attached hydrogens (primary N) is 1. The Morgan fingerprint density at radius 2 is 1.77 bits per heavy atom. The molecule has 0 aromatic heterocycles. The topological polar surface area (TPSA) is 144 Å². The molecule has 0 saturated heterocycles. The van der Waals surface area contributed by atoms with Crippen LogP contribution < -0.4 is 10.5 Å². The van der Waals surface area contributed by atoms with Crippen LogP contribution in [0, 0.1) is 29.6 Å². The molecular weight excluding hydrogens is 452 g/mol. The number of hydrogen-bond acceptors (Lipinski definition) is 8. The first-order valence-electron chi connectivity index (χ1n) is 11.5. The van der Waals surface area contributed by atoms with E-state index < -0.39 is 64.7 Å². The van der Waals surface area contributed by atoms with Crippen molar-refractivity contribution in [3.63, 3.8) is 0 Å². The molecule has 1 amide bonds. The molecule has 2 aromatic rings. The number of Topliss-reactive ketones (excluding diaryl/α,β-unsaturated/α-hetero) is 4. The molecule has 2 aromatic carbocycles. The SMILES string of the molecule is COc1cccc2c(O)c3c(cc12)CC1CC2C(C(=O)C(C(N)=O)C(=O)C2N(C)C)C(=O)C1C3=O. The van der Waals surface area contributed by atoms with Gasteiger partial charge in [0.05, 0.1) is 30.6 Å².